The van der Waals surface area contributed by atoms with E-state index in [0.717, 1.165) is 25.1 Å². The Morgan fingerprint density at radius 3 is 3.11 bits per heavy atom. The molecule has 0 saturated carbocycles. The van der Waals surface area contributed by atoms with Crippen molar-refractivity contribution in [3.63, 3.8) is 0 Å². The number of amides is 1. The van der Waals surface area contributed by atoms with Crippen LogP contribution in [0.5, 0.6) is 0 Å². The van der Waals surface area contributed by atoms with Gasteiger partial charge in [-0.3, -0.25) is 9.78 Å². The lowest BCUT2D eigenvalue weighted by Gasteiger charge is -2.24. The predicted octanol–water partition coefficient (Wildman–Crippen LogP) is 1.81. The van der Waals surface area contributed by atoms with E-state index in [4.69, 9.17) is 4.74 Å². The summed E-state index contributed by atoms with van der Waals surface area (Å²) in [6, 6.07) is 1.74. The number of hydrogen-bond acceptors (Lipinski definition) is 4. The van der Waals surface area contributed by atoms with E-state index in [-0.39, 0.29) is 11.4 Å². The molecule has 5 nitrogen and oxygen atoms in total. The highest BCUT2D eigenvalue weighted by atomic mass is 16.5. The molecule has 1 amide bonds. The van der Waals surface area contributed by atoms with Crippen LogP contribution in [-0.4, -0.2) is 36.2 Å². The lowest BCUT2D eigenvalue weighted by atomic mass is 10.0. The molecular formula is C14H21N3O2. The maximum absolute atomic E-state index is 12.4. The standard InChI is InChI=1S/C14H21N3O2/c1-3-6-16-12-9-15-7-4-11(12)13(18)17-14(2)5-8-19-10-14/h4,7,9,16H,3,5-6,8,10H2,1-2H3,(H,17,18). The minimum atomic E-state index is -0.262. The molecule has 1 aromatic heterocycles. The number of carbonyl (C=O) groups is 1. The van der Waals surface area contributed by atoms with E-state index >= 15 is 0 Å². The first-order valence-corrected chi connectivity index (χ1v) is 6.73. The van der Waals surface area contributed by atoms with Gasteiger partial charge in [-0.1, -0.05) is 6.92 Å². The van der Waals surface area contributed by atoms with E-state index in [2.05, 4.69) is 22.5 Å². The molecule has 0 bridgehead atoms. The van der Waals surface area contributed by atoms with E-state index in [1.807, 2.05) is 6.92 Å². The second-order valence-electron chi connectivity index (χ2n) is 5.17. The van der Waals surface area contributed by atoms with Gasteiger partial charge >= 0.3 is 0 Å². The van der Waals surface area contributed by atoms with Crippen molar-refractivity contribution < 1.29 is 9.53 Å². The topological polar surface area (TPSA) is 63.2 Å². The summed E-state index contributed by atoms with van der Waals surface area (Å²) in [7, 11) is 0. The SMILES string of the molecule is CCCNc1cnccc1C(=O)NC1(C)CCOC1. The molecule has 1 atom stereocenters. The molecule has 19 heavy (non-hydrogen) atoms. The highest BCUT2D eigenvalue weighted by Gasteiger charge is 2.31. The fourth-order valence-corrected chi connectivity index (χ4v) is 2.10. The van der Waals surface area contributed by atoms with Gasteiger partial charge in [0.05, 0.1) is 29.6 Å². The van der Waals surface area contributed by atoms with Gasteiger partial charge in [0.2, 0.25) is 0 Å². The van der Waals surface area contributed by atoms with Crippen LogP contribution in [-0.2, 0) is 4.74 Å². The zero-order valence-electron chi connectivity index (χ0n) is 11.5. The number of hydrogen-bond donors (Lipinski definition) is 2. The summed E-state index contributed by atoms with van der Waals surface area (Å²) in [6.07, 6.45) is 5.18. The number of nitrogens with one attached hydrogen (secondary N) is 2. The third-order valence-electron chi connectivity index (χ3n) is 3.27. The monoisotopic (exact) mass is 263 g/mol. The number of pyridine rings is 1. The van der Waals surface area contributed by atoms with Crippen molar-refractivity contribution in [1.29, 1.82) is 0 Å². The van der Waals surface area contributed by atoms with E-state index in [9.17, 15) is 4.79 Å². The van der Waals surface area contributed by atoms with Crippen molar-refractivity contribution >= 4 is 11.6 Å². The van der Waals surface area contributed by atoms with Crippen molar-refractivity contribution in [2.75, 3.05) is 25.1 Å². The second kappa shape index (κ2) is 6.02. The molecule has 2 N–H and O–H groups in total. The van der Waals surface area contributed by atoms with Crippen molar-refractivity contribution in [1.82, 2.24) is 10.3 Å². The van der Waals surface area contributed by atoms with Crippen LogP contribution in [0.2, 0.25) is 0 Å². The lowest BCUT2D eigenvalue weighted by Crippen LogP contribution is -2.46. The number of anilines is 1. The molecule has 5 heteroatoms. The summed E-state index contributed by atoms with van der Waals surface area (Å²) in [5.74, 6) is -0.0750. The zero-order valence-corrected chi connectivity index (χ0v) is 11.5. The third kappa shape index (κ3) is 3.44. The Morgan fingerprint density at radius 1 is 1.58 bits per heavy atom. The van der Waals surface area contributed by atoms with Crippen molar-refractivity contribution in [2.45, 2.75) is 32.2 Å². The first-order chi connectivity index (χ1) is 9.14. The van der Waals surface area contributed by atoms with Gasteiger partial charge in [0.15, 0.2) is 0 Å². The molecule has 0 aliphatic carbocycles. The van der Waals surface area contributed by atoms with Gasteiger partial charge in [-0.15, -0.1) is 0 Å². The Hall–Kier alpha value is -1.62. The largest absolute Gasteiger partial charge is 0.383 e. The molecule has 1 fully saturated rings. The minimum Gasteiger partial charge on any atom is -0.383 e. The number of rotatable bonds is 5. The third-order valence-corrected chi connectivity index (χ3v) is 3.27. The van der Waals surface area contributed by atoms with Gasteiger partial charge in [0, 0.05) is 19.3 Å². The van der Waals surface area contributed by atoms with Crippen LogP contribution in [0.4, 0.5) is 5.69 Å². The highest BCUT2D eigenvalue weighted by molar-refractivity contribution is 5.99. The molecule has 0 spiro atoms. The van der Waals surface area contributed by atoms with Crippen molar-refractivity contribution in [3.05, 3.63) is 24.0 Å². The van der Waals surface area contributed by atoms with Crippen LogP contribution in [0.15, 0.2) is 18.5 Å². The van der Waals surface area contributed by atoms with Crippen LogP contribution in [0, 0.1) is 0 Å². The molecule has 0 radical (unpaired) electrons. The first kappa shape index (κ1) is 13.8. The van der Waals surface area contributed by atoms with Gasteiger partial charge in [0.25, 0.3) is 5.91 Å². The molecule has 1 aromatic rings. The molecule has 0 aromatic carbocycles. The van der Waals surface area contributed by atoms with Gasteiger partial charge < -0.3 is 15.4 Å². The molecule has 104 valence electrons. The van der Waals surface area contributed by atoms with Gasteiger partial charge in [-0.2, -0.15) is 0 Å². The molecule has 1 unspecified atom stereocenters. The van der Waals surface area contributed by atoms with Crippen LogP contribution in [0.3, 0.4) is 0 Å². The summed E-state index contributed by atoms with van der Waals surface area (Å²) >= 11 is 0. The summed E-state index contributed by atoms with van der Waals surface area (Å²) in [5.41, 5.74) is 1.16. The minimum absolute atomic E-state index is 0.0750. The lowest BCUT2D eigenvalue weighted by molar-refractivity contribution is 0.0890. The highest BCUT2D eigenvalue weighted by Crippen LogP contribution is 2.20. The molecule has 1 aliphatic rings. The Balaban J connectivity index is 2.09. The fraction of sp³-hybridized carbons (Fsp3) is 0.571. The molecule has 2 rings (SSSR count). The number of aromatic nitrogens is 1. The van der Waals surface area contributed by atoms with Crippen LogP contribution in [0.25, 0.3) is 0 Å². The first-order valence-electron chi connectivity index (χ1n) is 6.73. The maximum atomic E-state index is 12.4. The van der Waals surface area contributed by atoms with E-state index in [0.29, 0.717) is 18.8 Å². The van der Waals surface area contributed by atoms with Crippen LogP contribution < -0.4 is 10.6 Å². The number of ether oxygens (including phenoxy) is 1. The maximum Gasteiger partial charge on any atom is 0.253 e. The second-order valence-corrected chi connectivity index (χ2v) is 5.17. The number of carbonyl (C=O) groups excluding carboxylic acids is 1. The smallest absolute Gasteiger partial charge is 0.253 e. The predicted molar refractivity (Wildman–Crippen MR) is 74.3 cm³/mol. The van der Waals surface area contributed by atoms with Crippen LogP contribution >= 0.6 is 0 Å². The van der Waals surface area contributed by atoms with Crippen molar-refractivity contribution in [2.24, 2.45) is 0 Å². The zero-order chi connectivity index (χ0) is 13.7. The summed E-state index contributed by atoms with van der Waals surface area (Å²) in [4.78, 5) is 16.4. The Labute approximate surface area is 113 Å². The normalized spacial score (nSPS) is 22.2. The number of nitrogens with zero attached hydrogens (tertiary/aromatic N) is 1. The molecule has 1 aliphatic heterocycles. The van der Waals surface area contributed by atoms with Gasteiger partial charge in [0.1, 0.15) is 0 Å². The Kier molecular flexibility index (Phi) is 4.37. The quantitative estimate of drug-likeness (QED) is 0.850. The average Bonchev–Trinajstić information content (AvgIpc) is 2.83. The summed E-state index contributed by atoms with van der Waals surface area (Å²) in [6.45, 7) is 6.19. The van der Waals surface area contributed by atoms with Crippen molar-refractivity contribution in [3.8, 4) is 0 Å². The van der Waals surface area contributed by atoms with E-state index in [1.165, 1.54) is 0 Å². The van der Waals surface area contributed by atoms with E-state index in [1.54, 1.807) is 18.5 Å². The molecular weight excluding hydrogens is 242 g/mol. The Morgan fingerprint density at radius 2 is 2.42 bits per heavy atom. The molecule has 2 heterocycles. The fourth-order valence-electron chi connectivity index (χ4n) is 2.10. The molecule has 1 saturated heterocycles. The van der Waals surface area contributed by atoms with E-state index < -0.39 is 0 Å². The van der Waals surface area contributed by atoms with Gasteiger partial charge in [-0.25, -0.2) is 0 Å². The Bertz CT molecular complexity index is 442. The van der Waals surface area contributed by atoms with Crippen LogP contribution in [0.1, 0.15) is 37.0 Å². The van der Waals surface area contributed by atoms with Gasteiger partial charge in [-0.05, 0) is 25.8 Å². The summed E-state index contributed by atoms with van der Waals surface area (Å²) in [5, 5.41) is 6.28. The average molecular weight is 263 g/mol. The summed E-state index contributed by atoms with van der Waals surface area (Å²) < 4.78 is 5.35.